The molecule has 0 atom stereocenters. The van der Waals surface area contributed by atoms with Crippen LogP contribution in [0.1, 0.15) is 13.8 Å². The lowest BCUT2D eigenvalue weighted by Gasteiger charge is -2.26. The molecule has 0 aliphatic rings. The minimum absolute atomic E-state index is 0.00550. The third-order valence-electron chi connectivity index (χ3n) is 3.47. The molecule has 0 fully saturated rings. The van der Waals surface area contributed by atoms with Crippen LogP contribution in [0.15, 0.2) is 52.9 Å². The van der Waals surface area contributed by atoms with E-state index in [0.29, 0.717) is 16.1 Å². The molecular weight excluding hydrogens is 328 g/mol. The number of hydrogen-bond acceptors (Lipinski definition) is 4. The Kier molecular flexibility index (Phi) is 4.71. The number of benzene rings is 2. The zero-order chi connectivity index (χ0) is 17.1. The van der Waals surface area contributed by atoms with E-state index in [1.165, 1.54) is 0 Å². The van der Waals surface area contributed by atoms with Crippen LogP contribution in [-0.2, 0) is 4.79 Å². The predicted octanol–water partition coefficient (Wildman–Crippen LogP) is 4.30. The first-order valence-electron chi connectivity index (χ1n) is 7.60. The molecule has 0 saturated heterocycles. The molecule has 0 N–H and O–H groups in total. The summed E-state index contributed by atoms with van der Waals surface area (Å²) in [6.07, 6.45) is 0.0531. The molecule has 3 rings (SSSR count). The smallest absolute Gasteiger partial charge is 0.395 e. The number of anilines is 1. The van der Waals surface area contributed by atoms with Crippen LogP contribution in [0.4, 0.5) is 5.69 Å². The highest BCUT2D eigenvalue weighted by molar-refractivity contribution is 6.31. The molecule has 0 bridgehead atoms. The lowest BCUT2D eigenvalue weighted by atomic mass is 10.2. The molecule has 1 heterocycles. The summed E-state index contributed by atoms with van der Waals surface area (Å²) in [6.45, 7) is 3.74. The van der Waals surface area contributed by atoms with Gasteiger partial charge in [0.05, 0.1) is 0 Å². The molecular formula is C18H17ClN2O3. The maximum absolute atomic E-state index is 12.5. The summed E-state index contributed by atoms with van der Waals surface area (Å²) in [4.78, 5) is 18.4. The van der Waals surface area contributed by atoms with Gasteiger partial charge in [0.25, 0.3) is 5.91 Å². The van der Waals surface area contributed by atoms with Crippen LogP contribution in [0.5, 0.6) is 6.08 Å². The number of halogens is 1. The molecule has 0 aliphatic heterocycles. The average molecular weight is 345 g/mol. The number of fused-ring (bicyclic) bond motifs is 1. The summed E-state index contributed by atoms with van der Waals surface area (Å²) in [5.74, 6) is -0.170. The van der Waals surface area contributed by atoms with Crippen molar-refractivity contribution in [2.45, 2.75) is 19.9 Å². The second-order valence-corrected chi connectivity index (χ2v) is 6.01. The minimum Gasteiger partial charge on any atom is -0.440 e. The molecule has 0 unspecified atom stereocenters. The Balaban J connectivity index is 1.73. The van der Waals surface area contributed by atoms with Crippen LogP contribution in [0.3, 0.4) is 0 Å². The first kappa shape index (κ1) is 16.3. The van der Waals surface area contributed by atoms with E-state index in [2.05, 4.69) is 4.98 Å². The molecule has 1 amide bonds. The highest BCUT2D eigenvalue weighted by Gasteiger charge is 2.20. The van der Waals surface area contributed by atoms with Gasteiger partial charge >= 0.3 is 6.08 Å². The van der Waals surface area contributed by atoms with Gasteiger partial charge in [-0.2, -0.15) is 4.98 Å². The Labute approximate surface area is 144 Å². The van der Waals surface area contributed by atoms with Gasteiger partial charge in [-0.3, -0.25) is 4.79 Å². The third kappa shape index (κ3) is 3.51. The Morgan fingerprint density at radius 2 is 2.00 bits per heavy atom. The van der Waals surface area contributed by atoms with Crippen molar-refractivity contribution in [1.82, 2.24) is 4.98 Å². The van der Waals surface area contributed by atoms with E-state index in [-0.39, 0.29) is 24.6 Å². The maximum Gasteiger partial charge on any atom is 0.395 e. The quantitative estimate of drug-likeness (QED) is 0.692. The molecule has 2 aromatic carbocycles. The Bertz CT molecular complexity index is 846. The molecule has 0 spiro atoms. The van der Waals surface area contributed by atoms with E-state index in [1.807, 2.05) is 44.2 Å². The molecule has 0 saturated carbocycles. The summed E-state index contributed by atoms with van der Waals surface area (Å²) in [7, 11) is 0. The van der Waals surface area contributed by atoms with Crippen molar-refractivity contribution >= 4 is 34.3 Å². The summed E-state index contributed by atoms with van der Waals surface area (Å²) in [5, 5.41) is 0.552. The van der Waals surface area contributed by atoms with Crippen LogP contribution in [0, 0.1) is 0 Å². The number of carbonyl (C=O) groups is 1. The Morgan fingerprint density at radius 3 is 2.71 bits per heavy atom. The number of carbonyl (C=O) groups excluding carboxylic acids is 1. The van der Waals surface area contributed by atoms with E-state index < -0.39 is 0 Å². The van der Waals surface area contributed by atoms with Gasteiger partial charge < -0.3 is 14.1 Å². The van der Waals surface area contributed by atoms with Gasteiger partial charge in [-0.1, -0.05) is 29.8 Å². The Morgan fingerprint density at radius 1 is 1.25 bits per heavy atom. The predicted molar refractivity (Wildman–Crippen MR) is 93.6 cm³/mol. The van der Waals surface area contributed by atoms with E-state index >= 15 is 0 Å². The molecule has 124 valence electrons. The monoisotopic (exact) mass is 344 g/mol. The second-order valence-electron chi connectivity index (χ2n) is 5.57. The molecule has 24 heavy (non-hydrogen) atoms. The van der Waals surface area contributed by atoms with Crippen LogP contribution in [0.25, 0.3) is 11.1 Å². The number of rotatable bonds is 5. The van der Waals surface area contributed by atoms with Crippen molar-refractivity contribution in [1.29, 1.82) is 0 Å². The van der Waals surface area contributed by atoms with E-state index in [0.717, 1.165) is 5.69 Å². The zero-order valence-electron chi connectivity index (χ0n) is 13.4. The Hall–Kier alpha value is -2.53. The van der Waals surface area contributed by atoms with Crippen LogP contribution in [0.2, 0.25) is 5.02 Å². The molecule has 5 nitrogen and oxygen atoms in total. The average Bonchev–Trinajstić information content (AvgIpc) is 2.95. The number of oxazole rings is 1. The maximum atomic E-state index is 12.5. The summed E-state index contributed by atoms with van der Waals surface area (Å²) in [6, 6.07) is 14.6. The van der Waals surface area contributed by atoms with E-state index in [9.17, 15) is 4.79 Å². The SMILES string of the molecule is CC(C)N(C(=O)COc1nc2ccc(Cl)cc2o1)c1ccccc1. The topological polar surface area (TPSA) is 55.6 Å². The van der Waals surface area contributed by atoms with Crippen molar-refractivity contribution in [2.75, 3.05) is 11.5 Å². The fourth-order valence-electron chi connectivity index (χ4n) is 2.45. The molecule has 1 aromatic heterocycles. The van der Waals surface area contributed by atoms with Gasteiger partial charge in [-0.05, 0) is 38.1 Å². The van der Waals surface area contributed by atoms with Gasteiger partial charge in [0.15, 0.2) is 12.2 Å². The van der Waals surface area contributed by atoms with Crippen LogP contribution < -0.4 is 9.64 Å². The summed E-state index contributed by atoms with van der Waals surface area (Å²) in [5.41, 5.74) is 1.98. The van der Waals surface area contributed by atoms with Gasteiger partial charge in [0.1, 0.15) is 5.52 Å². The molecule has 0 aliphatic carbocycles. The molecule has 6 heteroatoms. The number of amides is 1. The summed E-state index contributed by atoms with van der Waals surface area (Å²) < 4.78 is 10.9. The van der Waals surface area contributed by atoms with Crippen molar-refractivity contribution in [3.8, 4) is 6.08 Å². The molecule has 3 aromatic rings. The number of hydrogen-bond donors (Lipinski definition) is 0. The van der Waals surface area contributed by atoms with E-state index in [4.69, 9.17) is 20.8 Å². The van der Waals surface area contributed by atoms with E-state index in [1.54, 1.807) is 23.1 Å². The largest absolute Gasteiger partial charge is 0.440 e. The highest BCUT2D eigenvalue weighted by Crippen LogP contribution is 2.24. The van der Waals surface area contributed by atoms with Gasteiger partial charge in [-0.15, -0.1) is 0 Å². The van der Waals surface area contributed by atoms with Crippen LogP contribution >= 0.6 is 11.6 Å². The zero-order valence-corrected chi connectivity index (χ0v) is 14.2. The van der Waals surface area contributed by atoms with Gasteiger partial charge in [-0.25, -0.2) is 0 Å². The third-order valence-corrected chi connectivity index (χ3v) is 3.70. The lowest BCUT2D eigenvalue weighted by Crippen LogP contribution is -2.40. The normalized spacial score (nSPS) is 11.0. The second kappa shape index (κ2) is 6.93. The lowest BCUT2D eigenvalue weighted by molar-refractivity contribution is -0.121. The van der Waals surface area contributed by atoms with Crippen molar-refractivity contribution in [3.63, 3.8) is 0 Å². The van der Waals surface area contributed by atoms with Crippen molar-refractivity contribution in [3.05, 3.63) is 53.6 Å². The number of para-hydroxylation sites is 1. The first-order chi connectivity index (χ1) is 11.5. The minimum atomic E-state index is -0.170. The van der Waals surface area contributed by atoms with Gasteiger partial charge in [0, 0.05) is 22.8 Å². The summed E-state index contributed by atoms with van der Waals surface area (Å²) >= 11 is 5.91. The number of aromatic nitrogens is 1. The van der Waals surface area contributed by atoms with Crippen LogP contribution in [-0.4, -0.2) is 23.5 Å². The fraction of sp³-hybridized carbons (Fsp3) is 0.222. The van der Waals surface area contributed by atoms with Crippen molar-refractivity contribution in [2.24, 2.45) is 0 Å². The first-order valence-corrected chi connectivity index (χ1v) is 7.98. The van der Waals surface area contributed by atoms with Crippen molar-refractivity contribution < 1.29 is 13.9 Å². The number of nitrogens with zero attached hydrogens (tertiary/aromatic N) is 2. The molecule has 0 radical (unpaired) electrons. The van der Waals surface area contributed by atoms with Gasteiger partial charge in [0.2, 0.25) is 0 Å². The highest BCUT2D eigenvalue weighted by atomic mass is 35.5. The number of ether oxygens (including phenoxy) is 1. The fourth-order valence-corrected chi connectivity index (χ4v) is 2.61. The standard InChI is InChI=1S/C18H17ClN2O3/c1-12(2)21(14-6-4-3-5-7-14)17(22)11-23-18-20-15-9-8-13(19)10-16(15)24-18/h3-10,12H,11H2,1-2H3.